The van der Waals surface area contributed by atoms with Gasteiger partial charge < -0.3 is 9.47 Å². The molecule has 0 radical (unpaired) electrons. The highest BCUT2D eigenvalue weighted by Gasteiger charge is 2.22. The van der Waals surface area contributed by atoms with Crippen LogP contribution in [0.1, 0.15) is 78.3 Å². The lowest BCUT2D eigenvalue weighted by Gasteiger charge is -2.27. The van der Waals surface area contributed by atoms with Crippen molar-refractivity contribution >= 4 is 18.1 Å². The monoisotopic (exact) mass is 514 g/mol. The van der Waals surface area contributed by atoms with E-state index in [4.69, 9.17) is 4.98 Å². The van der Waals surface area contributed by atoms with Gasteiger partial charge in [-0.2, -0.15) is 0 Å². The van der Waals surface area contributed by atoms with E-state index in [9.17, 15) is 9.18 Å². The number of piperidine rings is 1. The van der Waals surface area contributed by atoms with Crippen molar-refractivity contribution in [1.82, 2.24) is 19.4 Å². The van der Waals surface area contributed by atoms with Crippen LogP contribution >= 0.6 is 0 Å². The molecule has 0 bridgehead atoms. The topological polar surface area (TPSA) is 41.4 Å². The van der Waals surface area contributed by atoms with Gasteiger partial charge in [0.2, 0.25) is 0 Å². The van der Waals surface area contributed by atoms with Crippen LogP contribution in [0.2, 0.25) is 0 Å². The molecule has 0 unspecified atom stereocenters. The molecule has 1 saturated heterocycles. The summed E-state index contributed by atoms with van der Waals surface area (Å²) in [5, 5.41) is 2.15. The molecule has 1 fully saturated rings. The van der Waals surface area contributed by atoms with Gasteiger partial charge in [0.15, 0.2) is 0 Å². The average Bonchev–Trinajstić information content (AvgIpc) is 3.28. The fourth-order valence-corrected chi connectivity index (χ4v) is 5.73. The van der Waals surface area contributed by atoms with Gasteiger partial charge in [0, 0.05) is 25.2 Å². The minimum Gasteiger partial charge on any atom is -0.331 e. The summed E-state index contributed by atoms with van der Waals surface area (Å²) in [5.74, 6) is 0.390. The van der Waals surface area contributed by atoms with E-state index >= 15 is 0 Å². The number of carbonyl (C=O) groups excluding carboxylic acids is 1. The molecule has 2 heterocycles. The number of hydrogen-bond donors (Lipinski definition) is 0. The number of nitrogens with zero attached hydrogens (tertiary/aromatic N) is 4. The van der Waals surface area contributed by atoms with Crippen LogP contribution in [-0.2, 0) is 19.6 Å². The molecule has 5 nitrogen and oxygen atoms in total. The summed E-state index contributed by atoms with van der Waals surface area (Å²) in [6, 6.07) is 13.5. The highest BCUT2D eigenvalue weighted by Crippen LogP contribution is 2.19. The summed E-state index contributed by atoms with van der Waals surface area (Å²) in [6.45, 7) is 8.74. The summed E-state index contributed by atoms with van der Waals surface area (Å²) >= 11 is 0. The predicted molar refractivity (Wildman–Crippen MR) is 150 cm³/mol. The van der Waals surface area contributed by atoms with Crippen molar-refractivity contribution in [3.63, 3.8) is 0 Å². The summed E-state index contributed by atoms with van der Waals surface area (Å²) in [5.41, 5.74) is 3.48. The molecule has 1 aliphatic carbocycles. The van der Waals surface area contributed by atoms with Gasteiger partial charge in [-0.15, -0.1) is 0 Å². The zero-order chi connectivity index (χ0) is 26.5. The van der Waals surface area contributed by atoms with Crippen LogP contribution in [-0.4, -0.2) is 44.9 Å². The highest BCUT2D eigenvalue weighted by molar-refractivity contribution is 5.95. The smallest absolute Gasteiger partial charge is 0.254 e. The molecule has 2 aliphatic rings. The number of likely N-dealkylation sites (tertiary alicyclic amines) is 1. The van der Waals surface area contributed by atoms with Crippen molar-refractivity contribution in [2.45, 2.75) is 72.0 Å². The number of amides is 1. The second-order valence-electron chi connectivity index (χ2n) is 10.6. The third-order valence-corrected chi connectivity index (χ3v) is 7.86. The van der Waals surface area contributed by atoms with E-state index in [1.807, 2.05) is 4.90 Å². The van der Waals surface area contributed by atoms with Crippen molar-refractivity contribution in [3.05, 3.63) is 87.1 Å². The lowest BCUT2D eigenvalue weighted by atomic mass is 10.0. The van der Waals surface area contributed by atoms with E-state index in [0.717, 1.165) is 62.0 Å². The molecule has 0 atom stereocenters. The number of fused-ring (bicyclic) bond motifs is 1. The number of carbonyl (C=O) groups is 1. The lowest BCUT2D eigenvalue weighted by Crippen LogP contribution is -2.35. The third-order valence-electron chi connectivity index (χ3n) is 7.86. The molecule has 6 heteroatoms. The zero-order valence-corrected chi connectivity index (χ0v) is 22.8. The van der Waals surface area contributed by atoms with Crippen LogP contribution in [0.5, 0.6) is 0 Å². The number of halogens is 1. The molecular formula is C32H39FN4O. The summed E-state index contributed by atoms with van der Waals surface area (Å²) in [4.78, 5) is 23.0. The lowest BCUT2D eigenvalue weighted by molar-refractivity contribution is 0.0736. The van der Waals surface area contributed by atoms with Crippen LogP contribution in [0, 0.1) is 12.7 Å². The maximum absolute atomic E-state index is 14.3. The van der Waals surface area contributed by atoms with Gasteiger partial charge in [-0.1, -0.05) is 55.8 Å². The number of benzene rings is 2. The van der Waals surface area contributed by atoms with Gasteiger partial charge in [0.05, 0.1) is 17.2 Å². The standard InChI is InChI=1S/C32H39FN4O/c1-3-18-36(32(38)27-14-11-15-28(33)24(27)2)23-31-34-29-16-7-8-17-30(29)37(31)22-26-13-6-5-12-25(26)21-35-19-9-4-10-20-35/h5-6,11-17H,3-4,7-10,18-23H2,1-2H3. The van der Waals surface area contributed by atoms with Gasteiger partial charge in [0.25, 0.3) is 5.91 Å². The minimum absolute atomic E-state index is 0.144. The molecule has 1 aromatic heterocycles. The van der Waals surface area contributed by atoms with E-state index in [1.165, 1.54) is 36.5 Å². The molecule has 0 spiro atoms. The van der Waals surface area contributed by atoms with Crippen LogP contribution in [0.15, 0.2) is 42.5 Å². The Morgan fingerprint density at radius 1 is 0.974 bits per heavy atom. The van der Waals surface area contributed by atoms with Crippen molar-refractivity contribution < 1.29 is 9.18 Å². The zero-order valence-electron chi connectivity index (χ0n) is 22.8. The Morgan fingerprint density at radius 3 is 2.47 bits per heavy atom. The first-order valence-electron chi connectivity index (χ1n) is 14.1. The molecular weight excluding hydrogens is 475 g/mol. The average molecular weight is 515 g/mol. The van der Waals surface area contributed by atoms with E-state index in [-0.39, 0.29) is 11.7 Å². The van der Waals surface area contributed by atoms with Gasteiger partial charge in [-0.05, 0) is 80.9 Å². The Kier molecular flexibility index (Phi) is 8.38. The molecule has 1 aliphatic heterocycles. The van der Waals surface area contributed by atoms with Crippen molar-refractivity contribution in [3.8, 4) is 0 Å². The minimum atomic E-state index is -0.348. The summed E-state index contributed by atoms with van der Waals surface area (Å²) < 4.78 is 16.6. The first-order chi connectivity index (χ1) is 18.5. The van der Waals surface area contributed by atoms with Gasteiger partial charge >= 0.3 is 0 Å². The fourth-order valence-electron chi connectivity index (χ4n) is 5.73. The first-order valence-corrected chi connectivity index (χ1v) is 14.1. The Morgan fingerprint density at radius 2 is 1.71 bits per heavy atom. The summed E-state index contributed by atoms with van der Waals surface area (Å²) in [7, 11) is 0. The van der Waals surface area contributed by atoms with E-state index in [2.05, 4.69) is 52.8 Å². The van der Waals surface area contributed by atoms with E-state index < -0.39 is 0 Å². The van der Waals surface area contributed by atoms with Crippen molar-refractivity contribution in [2.24, 2.45) is 0 Å². The second kappa shape index (κ2) is 12.1. The van der Waals surface area contributed by atoms with Crippen LogP contribution in [0.3, 0.4) is 0 Å². The Bertz CT molecular complexity index is 1400. The number of imidazole rings is 1. The maximum Gasteiger partial charge on any atom is 0.254 e. The Balaban J connectivity index is 1.48. The quantitative estimate of drug-likeness (QED) is 0.413. The fraction of sp³-hybridized carbons (Fsp3) is 0.438. The SMILES string of the molecule is CCCN(Cc1nc2c(n1Cc1ccccc1CN1CCCCC1)=CCCC=2)C(=O)c1cccc(F)c1C. The largest absolute Gasteiger partial charge is 0.331 e. The van der Waals surface area contributed by atoms with Gasteiger partial charge in [-0.25, -0.2) is 9.37 Å². The van der Waals surface area contributed by atoms with Gasteiger partial charge in [0.1, 0.15) is 11.6 Å². The molecule has 200 valence electrons. The van der Waals surface area contributed by atoms with Crippen LogP contribution in [0.4, 0.5) is 4.39 Å². The normalized spacial score (nSPS) is 15.4. The number of rotatable bonds is 9. The molecule has 5 rings (SSSR count). The molecule has 1 amide bonds. The Hall–Kier alpha value is -3.25. The maximum atomic E-state index is 14.3. The Labute approximate surface area is 225 Å². The van der Waals surface area contributed by atoms with Crippen molar-refractivity contribution in [1.29, 1.82) is 0 Å². The van der Waals surface area contributed by atoms with Gasteiger partial charge in [-0.3, -0.25) is 9.69 Å². The molecule has 0 saturated carbocycles. The molecule has 0 N–H and O–H groups in total. The van der Waals surface area contributed by atoms with Crippen LogP contribution in [0.25, 0.3) is 12.2 Å². The molecule has 2 aromatic carbocycles. The second-order valence-corrected chi connectivity index (χ2v) is 10.6. The first kappa shape index (κ1) is 26.4. The highest BCUT2D eigenvalue weighted by atomic mass is 19.1. The molecule has 38 heavy (non-hydrogen) atoms. The number of hydrogen-bond acceptors (Lipinski definition) is 3. The third kappa shape index (κ3) is 5.75. The van der Waals surface area contributed by atoms with Crippen molar-refractivity contribution in [2.75, 3.05) is 19.6 Å². The molecule has 3 aromatic rings. The van der Waals surface area contributed by atoms with Crippen LogP contribution < -0.4 is 10.7 Å². The van der Waals surface area contributed by atoms with E-state index in [1.54, 1.807) is 19.1 Å². The predicted octanol–water partition coefficient (Wildman–Crippen LogP) is 4.77. The van der Waals surface area contributed by atoms with E-state index in [0.29, 0.717) is 24.2 Å². The summed E-state index contributed by atoms with van der Waals surface area (Å²) in [6.07, 6.45) is 11.2. The number of aromatic nitrogens is 2.